The van der Waals surface area contributed by atoms with Crippen LogP contribution in [0.5, 0.6) is 0 Å². The first-order valence-corrected chi connectivity index (χ1v) is 34.7. The molecule has 9 heteroatoms. The maximum absolute atomic E-state index is 13.0. The Morgan fingerprint density at radius 2 is 0.747 bits per heavy atom. The number of aliphatic hydroxyl groups is 1. The maximum Gasteiger partial charge on any atom is 0.268 e. The fourth-order valence-corrected chi connectivity index (χ4v) is 11.0. The number of phosphoric ester groups is 1. The normalized spacial score (nSPS) is 13.9. The average molecular weight is 1080 g/mol. The van der Waals surface area contributed by atoms with Crippen LogP contribution in [0.25, 0.3) is 0 Å². The Morgan fingerprint density at radius 1 is 0.453 bits per heavy atom. The van der Waals surface area contributed by atoms with E-state index in [1.807, 2.05) is 27.2 Å². The van der Waals surface area contributed by atoms with Gasteiger partial charge >= 0.3 is 0 Å². The van der Waals surface area contributed by atoms with Crippen LogP contribution in [0.15, 0.2) is 24.3 Å². The van der Waals surface area contributed by atoms with Crippen LogP contribution in [0.2, 0.25) is 0 Å². The quantitative estimate of drug-likeness (QED) is 0.0272. The summed E-state index contributed by atoms with van der Waals surface area (Å²) in [5.41, 5.74) is 0. The highest BCUT2D eigenvalue weighted by Gasteiger charge is 2.23. The van der Waals surface area contributed by atoms with Crippen LogP contribution in [0.3, 0.4) is 0 Å². The highest BCUT2D eigenvalue weighted by atomic mass is 31.2. The second kappa shape index (κ2) is 57.7. The largest absolute Gasteiger partial charge is 0.756 e. The molecule has 0 aliphatic rings. The molecule has 8 nitrogen and oxygen atoms in total. The Morgan fingerprint density at radius 3 is 1.08 bits per heavy atom. The Bertz CT molecular complexity index is 1270. The fraction of sp³-hybridized carbons (Fsp3) is 0.924. The molecule has 0 aromatic heterocycles. The number of amides is 1. The lowest BCUT2D eigenvalue weighted by molar-refractivity contribution is -0.870. The van der Waals surface area contributed by atoms with Crippen molar-refractivity contribution in [2.75, 3.05) is 40.9 Å². The van der Waals surface area contributed by atoms with Gasteiger partial charge in [0.05, 0.1) is 39.9 Å². The summed E-state index contributed by atoms with van der Waals surface area (Å²) in [5.74, 6) is -0.199. The Balaban J connectivity index is 4.11. The minimum atomic E-state index is -4.61. The molecule has 2 N–H and O–H groups in total. The molecule has 0 aromatic carbocycles. The highest BCUT2D eigenvalue weighted by molar-refractivity contribution is 7.45. The van der Waals surface area contributed by atoms with Gasteiger partial charge in [0.2, 0.25) is 5.91 Å². The number of unbranched alkanes of at least 4 members (excludes halogenated alkanes) is 47. The zero-order valence-corrected chi connectivity index (χ0v) is 51.9. The van der Waals surface area contributed by atoms with Crippen molar-refractivity contribution in [3.8, 4) is 0 Å². The van der Waals surface area contributed by atoms with Gasteiger partial charge in [-0.3, -0.25) is 9.36 Å². The average Bonchev–Trinajstić information content (AvgIpc) is 3.37. The lowest BCUT2D eigenvalue weighted by atomic mass is 10.0. The van der Waals surface area contributed by atoms with Gasteiger partial charge in [-0.25, -0.2) is 0 Å². The molecule has 3 atom stereocenters. The van der Waals surface area contributed by atoms with E-state index in [4.69, 9.17) is 9.05 Å². The number of rotatable bonds is 62. The second-order valence-corrected chi connectivity index (χ2v) is 25.6. The second-order valence-electron chi connectivity index (χ2n) is 24.2. The van der Waals surface area contributed by atoms with E-state index in [1.165, 1.54) is 283 Å². The fourth-order valence-electron chi connectivity index (χ4n) is 10.2. The molecule has 1 amide bonds. The van der Waals surface area contributed by atoms with E-state index in [0.29, 0.717) is 17.4 Å². The van der Waals surface area contributed by atoms with Crippen LogP contribution in [-0.4, -0.2) is 68.5 Å². The van der Waals surface area contributed by atoms with Crippen LogP contribution >= 0.6 is 7.82 Å². The minimum Gasteiger partial charge on any atom is -0.756 e. The van der Waals surface area contributed by atoms with Gasteiger partial charge in [0.25, 0.3) is 7.82 Å². The van der Waals surface area contributed by atoms with Crippen LogP contribution < -0.4 is 10.2 Å². The van der Waals surface area contributed by atoms with Crippen LogP contribution in [0, 0.1) is 0 Å². The number of allylic oxidation sites excluding steroid dienone is 3. The monoisotopic (exact) mass is 1080 g/mol. The van der Waals surface area contributed by atoms with Crippen molar-refractivity contribution < 1.29 is 32.9 Å². The number of aliphatic hydroxyl groups excluding tert-OH is 1. The van der Waals surface area contributed by atoms with Gasteiger partial charge in [0.15, 0.2) is 0 Å². The summed E-state index contributed by atoms with van der Waals surface area (Å²) in [6, 6.07) is -0.901. The van der Waals surface area contributed by atoms with Crippen molar-refractivity contribution in [3.05, 3.63) is 24.3 Å². The summed E-state index contributed by atoms with van der Waals surface area (Å²) in [6.45, 7) is 4.69. The number of nitrogens with zero attached hydrogens (tertiary/aromatic N) is 1. The van der Waals surface area contributed by atoms with E-state index < -0.39 is 20.0 Å². The first-order valence-electron chi connectivity index (χ1n) is 33.2. The lowest BCUT2D eigenvalue weighted by Crippen LogP contribution is -2.45. The number of phosphoric acid groups is 1. The van der Waals surface area contributed by atoms with Crippen molar-refractivity contribution in [2.24, 2.45) is 0 Å². The van der Waals surface area contributed by atoms with Gasteiger partial charge < -0.3 is 28.8 Å². The Labute approximate surface area is 468 Å². The van der Waals surface area contributed by atoms with Crippen molar-refractivity contribution >= 4 is 13.7 Å². The third-order valence-corrected chi connectivity index (χ3v) is 16.4. The number of quaternary nitrogens is 1. The van der Waals surface area contributed by atoms with Gasteiger partial charge in [-0.1, -0.05) is 327 Å². The van der Waals surface area contributed by atoms with E-state index in [0.717, 1.165) is 38.5 Å². The SMILES string of the molecule is CCCCCCCCCCCCCCCCCCCCCCCCCC/C=C/CC/C=C/C(O)C(COP(=O)([O-])OCC[N+](C)(C)C)NC(=O)CCCCCCCCCCCCCCCCCCCCCCCCC. The molecular weight excluding hydrogens is 948 g/mol. The van der Waals surface area contributed by atoms with Crippen LogP contribution in [-0.2, 0) is 18.4 Å². The van der Waals surface area contributed by atoms with Crippen molar-refractivity contribution in [1.29, 1.82) is 0 Å². The van der Waals surface area contributed by atoms with Crippen molar-refractivity contribution in [1.82, 2.24) is 5.32 Å². The predicted octanol–water partition coefficient (Wildman–Crippen LogP) is 20.1. The summed E-state index contributed by atoms with van der Waals surface area (Å²) < 4.78 is 23.4. The van der Waals surface area contributed by atoms with E-state index in [9.17, 15) is 19.4 Å². The molecule has 0 aromatic rings. The first kappa shape index (κ1) is 74.0. The topological polar surface area (TPSA) is 108 Å². The van der Waals surface area contributed by atoms with Crippen molar-refractivity contribution in [2.45, 2.75) is 353 Å². The highest BCUT2D eigenvalue weighted by Crippen LogP contribution is 2.38. The molecule has 75 heavy (non-hydrogen) atoms. The van der Waals surface area contributed by atoms with Gasteiger partial charge in [-0.15, -0.1) is 0 Å². The minimum absolute atomic E-state index is 0.00349. The van der Waals surface area contributed by atoms with E-state index in [2.05, 4.69) is 31.3 Å². The number of likely N-dealkylation sites (N-methyl/N-ethyl adjacent to an activating group) is 1. The Hall–Kier alpha value is -1.02. The van der Waals surface area contributed by atoms with E-state index in [-0.39, 0.29) is 19.1 Å². The molecule has 0 saturated heterocycles. The van der Waals surface area contributed by atoms with Gasteiger partial charge in [-0.05, 0) is 32.1 Å². The number of hydrogen-bond acceptors (Lipinski definition) is 6. The maximum atomic E-state index is 13.0. The summed E-state index contributed by atoms with van der Waals surface area (Å²) in [7, 11) is 1.26. The Kier molecular flexibility index (Phi) is 56.9. The zero-order valence-electron chi connectivity index (χ0n) is 51.0. The number of nitrogens with one attached hydrogen (secondary N) is 1. The molecule has 0 rings (SSSR count). The molecule has 0 radical (unpaired) electrons. The molecule has 0 aliphatic carbocycles. The molecule has 0 fully saturated rings. The standard InChI is InChI=1S/C66H131N2O6P/c1-6-8-10-12-14-16-18-20-22-24-26-28-30-31-32-33-34-35-36-38-39-41-43-45-47-49-51-53-55-57-59-65(69)64(63-74-75(71,72)73-62-61-68(3,4)5)67-66(70)60-58-56-54-52-50-48-46-44-42-40-37-29-27-25-23-21-19-17-15-13-11-9-7-2/h49,51,57,59,64-65,69H,6-48,50,52-56,58,60-63H2,1-5H3,(H-,67,70,71,72)/b51-49+,59-57+. The molecule has 446 valence electrons. The third kappa shape index (κ3) is 60.5. The zero-order chi connectivity index (χ0) is 54.9. The molecular formula is C66H131N2O6P. The smallest absolute Gasteiger partial charge is 0.268 e. The van der Waals surface area contributed by atoms with Gasteiger partial charge in [-0.2, -0.15) is 0 Å². The molecule has 3 unspecified atom stereocenters. The van der Waals surface area contributed by atoms with Gasteiger partial charge in [0.1, 0.15) is 13.2 Å². The lowest BCUT2D eigenvalue weighted by Gasteiger charge is -2.29. The molecule has 0 bridgehead atoms. The van der Waals surface area contributed by atoms with E-state index in [1.54, 1.807) is 6.08 Å². The summed E-state index contributed by atoms with van der Waals surface area (Å²) in [4.78, 5) is 25.6. The number of carbonyl (C=O) groups is 1. The van der Waals surface area contributed by atoms with Crippen molar-refractivity contribution in [3.63, 3.8) is 0 Å². The van der Waals surface area contributed by atoms with Crippen LogP contribution in [0.1, 0.15) is 341 Å². The number of hydrogen-bond donors (Lipinski definition) is 2. The van der Waals surface area contributed by atoms with E-state index >= 15 is 0 Å². The molecule has 0 heterocycles. The van der Waals surface area contributed by atoms with Gasteiger partial charge in [0, 0.05) is 6.42 Å². The summed E-state index contributed by atoms with van der Waals surface area (Å²) in [5, 5.41) is 13.9. The van der Waals surface area contributed by atoms with Crippen LogP contribution in [0.4, 0.5) is 0 Å². The molecule has 0 spiro atoms. The first-order chi connectivity index (χ1) is 36.5. The molecule has 0 saturated carbocycles. The molecule has 0 aliphatic heterocycles. The predicted molar refractivity (Wildman–Crippen MR) is 325 cm³/mol. The summed E-state index contributed by atoms with van der Waals surface area (Å²) in [6.07, 6.45) is 74.4. The number of carbonyl (C=O) groups excluding carboxylic acids is 1. The third-order valence-electron chi connectivity index (χ3n) is 15.4. The summed E-state index contributed by atoms with van der Waals surface area (Å²) >= 11 is 0.